The van der Waals surface area contributed by atoms with Gasteiger partial charge in [0.1, 0.15) is 0 Å². The lowest BCUT2D eigenvalue weighted by atomic mass is 9.92. The number of benzene rings is 2. The van der Waals surface area contributed by atoms with E-state index in [1.165, 1.54) is 0 Å². The molecule has 142 valence electrons. The van der Waals surface area contributed by atoms with Crippen LogP contribution in [0.2, 0.25) is 0 Å². The zero-order valence-electron chi connectivity index (χ0n) is 15.8. The molecule has 0 atom stereocenters. The minimum Gasteiger partial charge on any atom is -0.466 e. The Labute approximate surface area is 177 Å². The molecule has 0 aliphatic rings. The van der Waals surface area contributed by atoms with Crippen LogP contribution in [0.5, 0.6) is 0 Å². The molecule has 3 nitrogen and oxygen atoms in total. The van der Waals surface area contributed by atoms with Crippen molar-refractivity contribution >= 4 is 33.2 Å². The highest BCUT2D eigenvalue weighted by Gasteiger charge is 2.18. The van der Waals surface area contributed by atoms with Gasteiger partial charge in [0.25, 0.3) is 0 Å². The van der Waals surface area contributed by atoms with Crippen molar-refractivity contribution in [2.24, 2.45) is 0 Å². The molecular weight excluding hydrogens is 434 g/mol. The minimum atomic E-state index is -0.177. The fraction of sp³-hybridized carbons (Fsp3) is 0.217. The normalized spacial score (nSPS) is 10.5. The van der Waals surface area contributed by atoms with Gasteiger partial charge < -0.3 is 4.74 Å². The van der Waals surface area contributed by atoms with Crippen molar-refractivity contribution in [1.82, 2.24) is 0 Å². The molecule has 0 radical (unpaired) electrons. The molecule has 0 bridgehead atoms. The van der Waals surface area contributed by atoms with Gasteiger partial charge in [-0.3, -0.25) is 4.79 Å². The second-order valence-electron chi connectivity index (χ2n) is 6.40. The third-order valence-electron chi connectivity index (χ3n) is 4.51. The molecule has 0 amide bonds. The molecule has 3 rings (SSSR count). The second-order valence-corrected chi connectivity index (χ2v) is 8.28. The van der Waals surface area contributed by atoms with Crippen LogP contribution < -0.4 is 0 Å². The van der Waals surface area contributed by atoms with Gasteiger partial charge in [-0.2, -0.15) is 5.26 Å². The fourth-order valence-electron chi connectivity index (χ4n) is 3.18. The first-order valence-corrected chi connectivity index (χ1v) is 10.7. The lowest BCUT2D eigenvalue weighted by Gasteiger charge is -2.12. The van der Waals surface area contributed by atoms with Gasteiger partial charge >= 0.3 is 5.97 Å². The molecule has 0 fully saturated rings. The van der Waals surface area contributed by atoms with Crippen molar-refractivity contribution in [3.63, 3.8) is 0 Å². The average Bonchev–Trinajstić information content (AvgIpc) is 3.10. The summed E-state index contributed by atoms with van der Waals surface area (Å²) in [6, 6.07) is 16.2. The Morgan fingerprint density at radius 2 is 1.93 bits per heavy atom. The number of ether oxygens (including phenoxy) is 1. The Kier molecular flexibility index (Phi) is 6.66. The summed E-state index contributed by atoms with van der Waals surface area (Å²) in [5.74, 6) is -0.177. The maximum atomic E-state index is 11.9. The van der Waals surface area contributed by atoms with Crippen LogP contribution in [0.1, 0.15) is 29.3 Å². The maximum Gasteiger partial charge on any atom is 0.306 e. The molecule has 3 aromatic rings. The second kappa shape index (κ2) is 9.18. The summed E-state index contributed by atoms with van der Waals surface area (Å²) in [5.41, 5.74) is 6.20. The summed E-state index contributed by atoms with van der Waals surface area (Å²) >= 11 is 5.15. The number of carbonyl (C=O) groups is 1. The first-order valence-electron chi connectivity index (χ1n) is 9.06. The molecule has 0 unspecified atom stereocenters. The van der Waals surface area contributed by atoms with E-state index in [1.54, 1.807) is 11.3 Å². The summed E-state index contributed by atoms with van der Waals surface area (Å²) in [4.78, 5) is 13.0. The maximum absolute atomic E-state index is 11.9. The van der Waals surface area contributed by atoms with Crippen molar-refractivity contribution in [2.45, 2.75) is 26.7 Å². The lowest BCUT2D eigenvalue weighted by Crippen LogP contribution is -2.05. The highest BCUT2D eigenvalue weighted by molar-refractivity contribution is 9.10. The number of carbonyl (C=O) groups excluding carboxylic acids is 1. The van der Waals surface area contributed by atoms with Crippen LogP contribution in [0.25, 0.3) is 22.3 Å². The Morgan fingerprint density at radius 3 is 2.57 bits per heavy atom. The zero-order valence-corrected chi connectivity index (χ0v) is 18.2. The summed E-state index contributed by atoms with van der Waals surface area (Å²) < 4.78 is 6.12. The molecule has 0 saturated heterocycles. The number of nitrogens with zero attached hydrogens (tertiary/aromatic N) is 1. The van der Waals surface area contributed by atoms with Gasteiger partial charge in [-0.05, 0) is 66.6 Å². The topological polar surface area (TPSA) is 50.1 Å². The van der Waals surface area contributed by atoms with E-state index in [0.29, 0.717) is 25.0 Å². The van der Waals surface area contributed by atoms with E-state index in [1.807, 2.05) is 44.2 Å². The van der Waals surface area contributed by atoms with Gasteiger partial charge in [0.05, 0.1) is 24.7 Å². The smallest absolute Gasteiger partial charge is 0.306 e. The Bertz CT molecular complexity index is 1030. The van der Waals surface area contributed by atoms with Crippen molar-refractivity contribution in [3.05, 3.63) is 68.3 Å². The van der Waals surface area contributed by atoms with E-state index >= 15 is 0 Å². The third-order valence-corrected chi connectivity index (χ3v) is 6.08. The van der Waals surface area contributed by atoms with E-state index in [-0.39, 0.29) is 5.97 Å². The monoisotopic (exact) mass is 453 g/mol. The van der Waals surface area contributed by atoms with Crippen LogP contribution in [0.15, 0.2) is 52.3 Å². The van der Waals surface area contributed by atoms with E-state index < -0.39 is 0 Å². The number of rotatable bonds is 6. The lowest BCUT2D eigenvalue weighted by molar-refractivity contribution is -0.143. The molecule has 0 saturated carbocycles. The Hall–Kier alpha value is -2.42. The van der Waals surface area contributed by atoms with E-state index in [4.69, 9.17) is 4.74 Å². The first kappa shape index (κ1) is 20.3. The van der Waals surface area contributed by atoms with Crippen molar-refractivity contribution in [2.75, 3.05) is 6.61 Å². The number of hydrogen-bond acceptors (Lipinski definition) is 4. The number of aryl methyl sites for hydroxylation is 2. The van der Waals surface area contributed by atoms with Gasteiger partial charge in [0.2, 0.25) is 0 Å². The quantitative estimate of drug-likeness (QED) is 0.399. The molecule has 5 heteroatoms. The molecule has 0 N–H and O–H groups in total. The molecule has 1 aromatic heterocycles. The van der Waals surface area contributed by atoms with E-state index in [9.17, 15) is 10.1 Å². The van der Waals surface area contributed by atoms with Crippen molar-refractivity contribution < 1.29 is 9.53 Å². The molecule has 2 aromatic carbocycles. The van der Waals surface area contributed by atoms with Gasteiger partial charge in [-0.1, -0.05) is 34.1 Å². The number of halogens is 1. The highest BCUT2D eigenvalue weighted by atomic mass is 79.9. The van der Waals surface area contributed by atoms with Crippen molar-refractivity contribution in [1.29, 1.82) is 5.26 Å². The molecule has 28 heavy (non-hydrogen) atoms. The van der Waals surface area contributed by atoms with Crippen LogP contribution in [0.4, 0.5) is 0 Å². The van der Waals surface area contributed by atoms with Crippen LogP contribution >= 0.6 is 27.3 Å². The van der Waals surface area contributed by atoms with Gasteiger partial charge in [0, 0.05) is 20.5 Å². The van der Waals surface area contributed by atoms with Crippen molar-refractivity contribution in [3.8, 4) is 28.3 Å². The summed E-state index contributed by atoms with van der Waals surface area (Å²) in [7, 11) is 0. The van der Waals surface area contributed by atoms with E-state index in [2.05, 4.69) is 39.5 Å². The largest absolute Gasteiger partial charge is 0.466 e. The number of esters is 1. The van der Waals surface area contributed by atoms with Gasteiger partial charge in [0.15, 0.2) is 0 Å². The Balaban J connectivity index is 2.08. The molecular formula is C23H20BrNO2S. The number of thiophene rings is 1. The van der Waals surface area contributed by atoms with Gasteiger partial charge in [-0.25, -0.2) is 0 Å². The highest BCUT2D eigenvalue weighted by Crippen LogP contribution is 2.41. The SMILES string of the molecule is CCOC(=O)CCc1scc(-c2ccc(Br)cc2)c1-c1ccc(C#N)cc1C. The molecule has 1 heterocycles. The predicted octanol–water partition coefficient (Wildman–Crippen LogP) is 6.52. The molecule has 0 aliphatic heterocycles. The molecule has 0 aliphatic carbocycles. The number of hydrogen-bond donors (Lipinski definition) is 0. The minimum absolute atomic E-state index is 0.177. The van der Waals surface area contributed by atoms with Crippen LogP contribution in [0, 0.1) is 18.3 Å². The van der Waals surface area contributed by atoms with Crippen LogP contribution in [-0.2, 0) is 16.0 Å². The fourth-order valence-corrected chi connectivity index (χ4v) is 4.52. The Morgan fingerprint density at radius 1 is 1.18 bits per heavy atom. The zero-order chi connectivity index (χ0) is 20.1. The summed E-state index contributed by atoms with van der Waals surface area (Å²) in [6.07, 6.45) is 0.991. The summed E-state index contributed by atoms with van der Waals surface area (Å²) in [6.45, 7) is 4.24. The predicted molar refractivity (Wildman–Crippen MR) is 117 cm³/mol. The van der Waals surface area contributed by atoms with Crippen LogP contribution in [-0.4, -0.2) is 12.6 Å². The van der Waals surface area contributed by atoms with Crippen LogP contribution in [0.3, 0.4) is 0 Å². The standard InChI is InChI=1S/C23H20BrNO2S/c1-3-27-22(26)11-10-21-23(19-9-4-16(13-25)12-15(19)2)20(14-28-21)17-5-7-18(24)8-6-17/h4-9,12,14H,3,10-11H2,1-2H3. The summed E-state index contributed by atoms with van der Waals surface area (Å²) in [5, 5.41) is 11.3. The first-order chi connectivity index (χ1) is 13.5. The number of nitriles is 1. The average molecular weight is 454 g/mol. The third kappa shape index (κ3) is 4.52. The van der Waals surface area contributed by atoms with Gasteiger partial charge in [-0.15, -0.1) is 11.3 Å². The molecule has 0 spiro atoms. The van der Waals surface area contributed by atoms with E-state index in [0.717, 1.165) is 37.2 Å².